The third-order valence-corrected chi connectivity index (χ3v) is 2.56. The molecule has 0 unspecified atom stereocenters. The van der Waals surface area contributed by atoms with Gasteiger partial charge in [-0.1, -0.05) is 0 Å². The first-order chi connectivity index (χ1) is 7.09. The van der Waals surface area contributed by atoms with Crippen molar-refractivity contribution >= 4 is 43.7 Å². The monoisotopic (exact) mass is 336 g/mol. The van der Waals surface area contributed by atoms with Crippen LogP contribution in [0.1, 0.15) is 0 Å². The number of aromatic nitrogens is 1. The molecule has 7 heteroatoms. The molecule has 0 aliphatic carbocycles. The van der Waals surface area contributed by atoms with Crippen molar-refractivity contribution in [3.63, 3.8) is 0 Å². The molecule has 0 saturated carbocycles. The van der Waals surface area contributed by atoms with Crippen molar-refractivity contribution in [2.75, 3.05) is 18.4 Å². The second-order valence-corrected chi connectivity index (χ2v) is 4.47. The Morgan fingerprint density at radius 1 is 1.47 bits per heavy atom. The van der Waals surface area contributed by atoms with Crippen molar-refractivity contribution in [2.24, 2.45) is 5.73 Å². The second kappa shape index (κ2) is 5.92. The molecule has 2 amide bonds. The Bertz CT molecular complexity index is 358. The van der Waals surface area contributed by atoms with E-state index in [1.165, 1.54) is 0 Å². The molecule has 82 valence electrons. The summed E-state index contributed by atoms with van der Waals surface area (Å²) in [6.45, 7) is 1.02. The van der Waals surface area contributed by atoms with Crippen LogP contribution >= 0.6 is 31.9 Å². The van der Waals surface area contributed by atoms with Gasteiger partial charge < -0.3 is 16.4 Å². The van der Waals surface area contributed by atoms with Gasteiger partial charge in [0.25, 0.3) is 0 Å². The number of amides is 2. The van der Waals surface area contributed by atoms with Gasteiger partial charge in [-0.15, -0.1) is 0 Å². The van der Waals surface area contributed by atoms with Gasteiger partial charge in [0.1, 0.15) is 5.82 Å². The number of halogens is 2. The highest BCUT2D eigenvalue weighted by Crippen LogP contribution is 2.22. The van der Waals surface area contributed by atoms with Crippen LogP contribution in [0.4, 0.5) is 10.6 Å². The number of hydrogen-bond acceptors (Lipinski definition) is 3. The largest absolute Gasteiger partial charge is 0.367 e. The van der Waals surface area contributed by atoms with Crippen LogP contribution in [0.15, 0.2) is 21.2 Å². The van der Waals surface area contributed by atoms with Crippen LogP contribution in [0.25, 0.3) is 0 Å². The van der Waals surface area contributed by atoms with E-state index < -0.39 is 6.03 Å². The van der Waals surface area contributed by atoms with E-state index in [0.717, 1.165) is 14.8 Å². The quantitative estimate of drug-likeness (QED) is 0.731. The smallest absolute Gasteiger partial charge is 0.312 e. The lowest BCUT2D eigenvalue weighted by Gasteiger charge is -2.07. The minimum absolute atomic E-state index is 0.458. The average Bonchev–Trinajstić information content (AvgIpc) is 2.14. The van der Waals surface area contributed by atoms with E-state index in [4.69, 9.17) is 5.73 Å². The second-order valence-electron chi connectivity index (χ2n) is 2.70. The molecule has 0 aliphatic rings. The maximum Gasteiger partial charge on any atom is 0.312 e. The molecule has 0 atom stereocenters. The number of anilines is 1. The fourth-order valence-corrected chi connectivity index (χ4v) is 2.04. The lowest BCUT2D eigenvalue weighted by Crippen LogP contribution is -2.33. The number of urea groups is 1. The predicted octanol–water partition coefficient (Wildman–Crippen LogP) is 1.69. The van der Waals surface area contributed by atoms with Crippen LogP contribution in [-0.4, -0.2) is 24.1 Å². The molecule has 15 heavy (non-hydrogen) atoms. The Balaban J connectivity index is 2.40. The summed E-state index contributed by atoms with van der Waals surface area (Å²) in [5.74, 6) is 0.726. The highest BCUT2D eigenvalue weighted by atomic mass is 79.9. The minimum Gasteiger partial charge on any atom is -0.367 e. The van der Waals surface area contributed by atoms with Crippen molar-refractivity contribution in [3.05, 3.63) is 21.2 Å². The number of hydrogen-bond donors (Lipinski definition) is 3. The molecule has 1 aromatic rings. The molecule has 0 spiro atoms. The number of nitrogens with one attached hydrogen (secondary N) is 2. The standard InChI is InChI=1S/C8H10Br2N4O/c9-5-3-6(10)7(14-4-5)12-1-2-13-8(11)15/h3-4H,1-2H2,(H,12,14)(H3,11,13,15). The molecule has 1 aromatic heterocycles. The first kappa shape index (κ1) is 12.3. The van der Waals surface area contributed by atoms with Crippen LogP contribution in [0.2, 0.25) is 0 Å². The van der Waals surface area contributed by atoms with Gasteiger partial charge in [0.15, 0.2) is 0 Å². The molecular weight excluding hydrogens is 328 g/mol. The molecule has 0 saturated heterocycles. The van der Waals surface area contributed by atoms with Crippen LogP contribution in [-0.2, 0) is 0 Å². The normalized spacial score (nSPS) is 9.73. The molecule has 0 fully saturated rings. The number of rotatable bonds is 4. The summed E-state index contributed by atoms with van der Waals surface area (Å²) < 4.78 is 1.76. The summed E-state index contributed by atoms with van der Waals surface area (Å²) >= 11 is 6.66. The summed E-state index contributed by atoms with van der Waals surface area (Å²) in [5.41, 5.74) is 4.91. The van der Waals surface area contributed by atoms with Crippen LogP contribution in [0, 0.1) is 0 Å². The van der Waals surface area contributed by atoms with E-state index in [0.29, 0.717) is 13.1 Å². The van der Waals surface area contributed by atoms with E-state index in [1.54, 1.807) is 6.20 Å². The Hall–Kier alpha value is -0.820. The Morgan fingerprint density at radius 3 is 2.80 bits per heavy atom. The number of pyridine rings is 1. The number of carbonyl (C=O) groups excluding carboxylic acids is 1. The van der Waals surface area contributed by atoms with Crippen molar-refractivity contribution in [2.45, 2.75) is 0 Å². The molecule has 0 radical (unpaired) electrons. The first-order valence-electron chi connectivity index (χ1n) is 4.18. The van der Waals surface area contributed by atoms with Gasteiger partial charge >= 0.3 is 6.03 Å². The molecule has 0 bridgehead atoms. The predicted molar refractivity (Wildman–Crippen MR) is 65.7 cm³/mol. The minimum atomic E-state index is -0.528. The number of carbonyl (C=O) groups is 1. The summed E-state index contributed by atoms with van der Waals surface area (Å²) in [5, 5.41) is 5.52. The number of primary amides is 1. The van der Waals surface area contributed by atoms with Crippen LogP contribution < -0.4 is 16.4 Å². The summed E-state index contributed by atoms with van der Waals surface area (Å²) in [7, 11) is 0. The molecule has 5 nitrogen and oxygen atoms in total. The highest BCUT2D eigenvalue weighted by molar-refractivity contribution is 9.11. The summed E-state index contributed by atoms with van der Waals surface area (Å²) in [6, 6.07) is 1.36. The van der Waals surface area contributed by atoms with E-state index >= 15 is 0 Å². The molecule has 1 rings (SSSR count). The van der Waals surface area contributed by atoms with Gasteiger partial charge in [-0.2, -0.15) is 0 Å². The van der Waals surface area contributed by atoms with Crippen LogP contribution in [0.3, 0.4) is 0 Å². The molecule has 0 aliphatic heterocycles. The van der Waals surface area contributed by atoms with E-state index in [2.05, 4.69) is 47.5 Å². The molecule has 1 heterocycles. The van der Waals surface area contributed by atoms with Gasteiger partial charge in [0, 0.05) is 23.8 Å². The lowest BCUT2D eigenvalue weighted by molar-refractivity contribution is 0.249. The van der Waals surface area contributed by atoms with Crippen molar-refractivity contribution in [3.8, 4) is 0 Å². The lowest BCUT2D eigenvalue weighted by atomic mass is 10.4. The average molecular weight is 338 g/mol. The van der Waals surface area contributed by atoms with Gasteiger partial charge in [-0.25, -0.2) is 9.78 Å². The van der Waals surface area contributed by atoms with E-state index in [1.807, 2.05) is 6.07 Å². The third kappa shape index (κ3) is 4.48. The van der Waals surface area contributed by atoms with Gasteiger partial charge in [-0.05, 0) is 37.9 Å². The SMILES string of the molecule is NC(=O)NCCNc1ncc(Br)cc1Br. The zero-order chi connectivity index (χ0) is 11.3. The van der Waals surface area contributed by atoms with E-state index in [9.17, 15) is 4.79 Å². The highest BCUT2D eigenvalue weighted by Gasteiger charge is 2.00. The topological polar surface area (TPSA) is 80.0 Å². The maximum absolute atomic E-state index is 10.4. The maximum atomic E-state index is 10.4. The molecule has 4 N–H and O–H groups in total. The molecular formula is C8H10Br2N4O. The van der Waals surface area contributed by atoms with Crippen molar-refractivity contribution in [1.82, 2.24) is 10.3 Å². The number of nitrogens with zero attached hydrogens (tertiary/aromatic N) is 1. The van der Waals surface area contributed by atoms with Gasteiger partial charge in [0.05, 0.1) is 4.47 Å². The Morgan fingerprint density at radius 2 is 2.20 bits per heavy atom. The first-order valence-corrected chi connectivity index (χ1v) is 5.76. The zero-order valence-corrected chi connectivity index (χ0v) is 10.9. The van der Waals surface area contributed by atoms with Gasteiger partial charge in [0.2, 0.25) is 0 Å². The third-order valence-electron chi connectivity index (χ3n) is 1.52. The number of nitrogens with two attached hydrogens (primary N) is 1. The van der Waals surface area contributed by atoms with Crippen molar-refractivity contribution < 1.29 is 4.79 Å². The fraction of sp³-hybridized carbons (Fsp3) is 0.250. The van der Waals surface area contributed by atoms with Gasteiger partial charge in [-0.3, -0.25) is 0 Å². The van der Waals surface area contributed by atoms with E-state index in [-0.39, 0.29) is 0 Å². The molecule has 0 aromatic carbocycles. The Kier molecular flexibility index (Phi) is 4.83. The zero-order valence-electron chi connectivity index (χ0n) is 7.76. The van der Waals surface area contributed by atoms with Crippen molar-refractivity contribution in [1.29, 1.82) is 0 Å². The van der Waals surface area contributed by atoms with Crippen LogP contribution in [0.5, 0.6) is 0 Å². The summed E-state index contributed by atoms with van der Waals surface area (Å²) in [6.07, 6.45) is 1.69. The summed E-state index contributed by atoms with van der Waals surface area (Å²) in [4.78, 5) is 14.5. The fourth-order valence-electron chi connectivity index (χ4n) is 0.911. The Labute approximate surface area is 104 Å².